The Kier molecular flexibility index (Phi) is 7.25. The molecule has 0 amide bonds. The van der Waals surface area contributed by atoms with Gasteiger partial charge in [-0.05, 0) is 46.7 Å². The van der Waals surface area contributed by atoms with Gasteiger partial charge in [0.15, 0.2) is 0 Å². The molecule has 0 saturated carbocycles. The second-order valence-corrected chi connectivity index (χ2v) is 5.87. The molecule has 0 bridgehead atoms. The molecule has 1 N–H and O–H groups in total. The first-order chi connectivity index (χ1) is 7.35. The van der Waals surface area contributed by atoms with Crippen LogP contribution in [0.25, 0.3) is 0 Å². The van der Waals surface area contributed by atoms with E-state index in [1.165, 1.54) is 19.3 Å². The molecule has 0 aromatic carbocycles. The average Bonchev–Trinajstić information content (AvgIpc) is 2.18. The van der Waals surface area contributed by atoms with E-state index < -0.39 is 0 Å². The number of hydrogen-bond acceptors (Lipinski definition) is 2. The second-order valence-electron chi connectivity index (χ2n) is 5.87. The summed E-state index contributed by atoms with van der Waals surface area (Å²) >= 11 is 0. The van der Waals surface area contributed by atoms with Gasteiger partial charge in [-0.1, -0.05) is 27.2 Å². The van der Waals surface area contributed by atoms with Crippen LogP contribution in [0.5, 0.6) is 0 Å². The Morgan fingerprint density at radius 2 is 1.75 bits per heavy atom. The molecule has 0 spiro atoms. The Morgan fingerprint density at radius 3 is 2.12 bits per heavy atom. The van der Waals surface area contributed by atoms with Crippen LogP contribution in [0.4, 0.5) is 0 Å². The fraction of sp³-hybridized carbons (Fsp3) is 1.00. The Hall–Kier alpha value is -0.0800. The number of nitrogens with one attached hydrogen (secondary N) is 1. The zero-order valence-electron chi connectivity index (χ0n) is 12.4. The van der Waals surface area contributed by atoms with E-state index in [0.717, 1.165) is 12.5 Å². The van der Waals surface area contributed by atoms with Gasteiger partial charge in [0, 0.05) is 18.1 Å². The van der Waals surface area contributed by atoms with E-state index >= 15 is 0 Å². The summed E-state index contributed by atoms with van der Waals surface area (Å²) in [5.74, 6) is 0.785. The molecular weight excluding hydrogens is 196 g/mol. The van der Waals surface area contributed by atoms with E-state index in [2.05, 4.69) is 58.9 Å². The minimum absolute atomic E-state index is 0.235. The van der Waals surface area contributed by atoms with E-state index in [0.29, 0.717) is 6.04 Å². The Balaban J connectivity index is 4.14. The molecule has 0 heterocycles. The molecule has 98 valence electrons. The molecule has 2 atom stereocenters. The quantitative estimate of drug-likeness (QED) is 0.686. The van der Waals surface area contributed by atoms with Crippen molar-refractivity contribution in [3.8, 4) is 0 Å². The van der Waals surface area contributed by atoms with Crippen LogP contribution in [-0.2, 0) is 0 Å². The highest BCUT2D eigenvalue weighted by Crippen LogP contribution is 2.15. The van der Waals surface area contributed by atoms with Gasteiger partial charge in [-0.15, -0.1) is 0 Å². The van der Waals surface area contributed by atoms with Crippen LogP contribution >= 0.6 is 0 Å². The third-order valence-corrected chi connectivity index (χ3v) is 3.88. The topological polar surface area (TPSA) is 15.3 Å². The predicted molar refractivity (Wildman–Crippen MR) is 73.9 cm³/mol. The summed E-state index contributed by atoms with van der Waals surface area (Å²) in [6.45, 7) is 12.6. The highest BCUT2D eigenvalue weighted by Gasteiger charge is 2.22. The van der Waals surface area contributed by atoms with Crippen LogP contribution in [0.15, 0.2) is 0 Å². The van der Waals surface area contributed by atoms with Gasteiger partial charge >= 0.3 is 0 Å². The van der Waals surface area contributed by atoms with Crippen molar-refractivity contribution >= 4 is 0 Å². The molecule has 0 rings (SSSR count). The van der Waals surface area contributed by atoms with Gasteiger partial charge in [0.05, 0.1) is 0 Å². The summed E-state index contributed by atoms with van der Waals surface area (Å²) in [6, 6.07) is 0.666. The first-order valence-corrected chi connectivity index (χ1v) is 6.76. The van der Waals surface area contributed by atoms with E-state index in [1.54, 1.807) is 0 Å². The number of likely N-dealkylation sites (N-methyl/N-ethyl adjacent to an activating group) is 1. The van der Waals surface area contributed by atoms with Gasteiger partial charge in [0.25, 0.3) is 0 Å². The molecule has 0 radical (unpaired) electrons. The molecule has 2 unspecified atom stereocenters. The molecular formula is C14H32N2. The van der Waals surface area contributed by atoms with Gasteiger partial charge in [-0.3, -0.25) is 0 Å². The van der Waals surface area contributed by atoms with E-state index in [4.69, 9.17) is 0 Å². The molecule has 2 nitrogen and oxygen atoms in total. The smallest absolute Gasteiger partial charge is 0.0271 e. The first kappa shape index (κ1) is 15.9. The molecule has 0 saturated heterocycles. The highest BCUT2D eigenvalue weighted by atomic mass is 15.2. The fourth-order valence-corrected chi connectivity index (χ4v) is 1.94. The SMILES string of the molecule is CCCC(C)C(CC)NCC(C)(C)N(C)C. The Bertz CT molecular complexity index is 176. The summed E-state index contributed by atoms with van der Waals surface area (Å²) in [6.07, 6.45) is 3.84. The maximum Gasteiger partial charge on any atom is 0.0271 e. The number of rotatable bonds is 8. The van der Waals surface area contributed by atoms with Gasteiger partial charge in [0.2, 0.25) is 0 Å². The standard InChI is InChI=1S/C14H32N2/c1-8-10-12(3)13(9-2)15-11-14(4,5)16(6)7/h12-13,15H,8-11H2,1-7H3. The first-order valence-electron chi connectivity index (χ1n) is 6.76. The van der Waals surface area contributed by atoms with Gasteiger partial charge in [-0.2, -0.15) is 0 Å². The van der Waals surface area contributed by atoms with E-state index in [1.807, 2.05) is 0 Å². The molecule has 0 aromatic rings. The zero-order valence-corrected chi connectivity index (χ0v) is 12.4. The zero-order chi connectivity index (χ0) is 12.8. The summed E-state index contributed by atoms with van der Waals surface area (Å²) < 4.78 is 0. The van der Waals surface area contributed by atoms with Crippen molar-refractivity contribution in [2.45, 2.75) is 65.5 Å². The van der Waals surface area contributed by atoms with Crippen molar-refractivity contribution < 1.29 is 0 Å². The van der Waals surface area contributed by atoms with Crippen molar-refractivity contribution in [3.63, 3.8) is 0 Å². The van der Waals surface area contributed by atoms with Crippen LogP contribution in [0.1, 0.15) is 53.9 Å². The maximum atomic E-state index is 3.73. The number of hydrogen-bond donors (Lipinski definition) is 1. The largest absolute Gasteiger partial charge is 0.312 e. The maximum absolute atomic E-state index is 3.73. The Labute approximate surface area is 103 Å². The van der Waals surface area contributed by atoms with Crippen molar-refractivity contribution in [1.29, 1.82) is 0 Å². The van der Waals surface area contributed by atoms with Crippen LogP contribution < -0.4 is 5.32 Å². The normalized spacial score (nSPS) is 16.5. The molecule has 0 aliphatic heterocycles. The van der Waals surface area contributed by atoms with E-state index in [9.17, 15) is 0 Å². The summed E-state index contributed by atoms with van der Waals surface area (Å²) in [7, 11) is 4.30. The van der Waals surface area contributed by atoms with Crippen molar-refractivity contribution in [3.05, 3.63) is 0 Å². The van der Waals surface area contributed by atoms with Crippen molar-refractivity contribution in [2.24, 2.45) is 5.92 Å². The predicted octanol–water partition coefficient (Wildman–Crippen LogP) is 3.13. The number of nitrogens with zero attached hydrogens (tertiary/aromatic N) is 1. The molecule has 2 heteroatoms. The lowest BCUT2D eigenvalue weighted by Crippen LogP contribution is -2.50. The van der Waals surface area contributed by atoms with Crippen molar-refractivity contribution in [1.82, 2.24) is 10.2 Å². The molecule has 0 aliphatic carbocycles. The third-order valence-electron chi connectivity index (χ3n) is 3.88. The van der Waals surface area contributed by atoms with Gasteiger partial charge < -0.3 is 10.2 Å². The second kappa shape index (κ2) is 7.29. The summed E-state index contributed by atoms with van der Waals surface area (Å²) in [4.78, 5) is 2.29. The highest BCUT2D eigenvalue weighted by molar-refractivity contribution is 4.83. The monoisotopic (exact) mass is 228 g/mol. The lowest BCUT2D eigenvalue weighted by molar-refractivity contribution is 0.175. The lowest BCUT2D eigenvalue weighted by Gasteiger charge is -2.35. The fourth-order valence-electron chi connectivity index (χ4n) is 1.94. The third kappa shape index (κ3) is 5.31. The molecule has 0 fully saturated rings. The molecule has 16 heavy (non-hydrogen) atoms. The van der Waals surface area contributed by atoms with Crippen molar-refractivity contribution in [2.75, 3.05) is 20.6 Å². The van der Waals surface area contributed by atoms with Crippen LogP contribution in [0.2, 0.25) is 0 Å². The minimum atomic E-state index is 0.235. The van der Waals surface area contributed by atoms with Crippen LogP contribution in [-0.4, -0.2) is 37.1 Å². The van der Waals surface area contributed by atoms with Gasteiger partial charge in [0.1, 0.15) is 0 Å². The van der Waals surface area contributed by atoms with Crippen LogP contribution in [0.3, 0.4) is 0 Å². The average molecular weight is 228 g/mol. The summed E-state index contributed by atoms with van der Waals surface area (Å²) in [5.41, 5.74) is 0.235. The lowest BCUT2D eigenvalue weighted by atomic mass is 9.93. The van der Waals surface area contributed by atoms with Crippen LogP contribution in [0, 0.1) is 5.92 Å². The Morgan fingerprint density at radius 1 is 1.19 bits per heavy atom. The summed E-state index contributed by atoms with van der Waals surface area (Å²) in [5, 5.41) is 3.73. The van der Waals surface area contributed by atoms with Gasteiger partial charge in [-0.25, -0.2) is 0 Å². The molecule has 0 aromatic heterocycles. The molecule has 0 aliphatic rings. The van der Waals surface area contributed by atoms with E-state index in [-0.39, 0.29) is 5.54 Å². The minimum Gasteiger partial charge on any atom is -0.312 e.